The van der Waals surface area contributed by atoms with Crippen LogP contribution in [0.1, 0.15) is 32.3 Å². The van der Waals surface area contributed by atoms with Crippen molar-refractivity contribution in [3.8, 4) is 0 Å². The first-order valence-corrected chi connectivity index (χ1v) is 13.2. The Bertz CT molecular complexity index is 426. The third kappa shape index (κ3) is 6.07. The number of thiocarbonyl (C=S) groups is 1. The van der Waals surface area contributed by atoms with Gasteiger partial charge in [-0.2, -0.15) is 0 Å². The molecule has 0 N–H and O–H groups in total. The van der Waals surface area contributed by atoms with Gasteiger partial charge in [-0.15, -0.1) is 0 Å². The highest BCUT2D eigenvalue weighted by Crippen LogP contribution is 2.71. The smallest absolute Gasteiger partial charge is 0.143 e. The maximum absolute atomic E-state index is 6.02. The van der Waals surface area contributed by atoms with Crippen molar-refractivity contribution in [1.82, 2.24) is 4.67 Å². The Morgan fingerprint density at radius 2 is 1.65 bits per heavy atom. The monoisotopic (exact) mass is 363 g/mol. The lowest BCUT2D eigenvalue weighted by Gasteiger charge is -2.32. The third-order valence-electron chi connectivity index (χ3n) is 2.54. The van der Waals surface area contributed by atoms with Gasteiger partial charge in [0.05, 0.1) is 5.49 Å². The van der Waals surface area contributed by atoms with Crippen LogP contribution in [0.2, 0.25) is 0 Å². The van der Waals surface area contributed by atoms with E-state index in [1.807, 2.05) is 28.8 Å². The molecule has 0 aliphatic rings. The molecule has 0 aliphatic heterocycles. The Labute approximate surface area is 141 Å². The van der Waals surface area contributed by atoms with Crippen LogP contribution in [0, 0.1) is 0 Å². The molecule has 112 valence electrons. The first-order chi connectivity index (χ1) is 9.66. The van der Waals surface area contributed by atoms with Gasteiger partial charge in [-0.25, -0.2) is 0 Å². The molecule has 1 aromatic carbocycles. The lowest BCUT2D eigenvalue weighted by atomic mass is 10.2. The Morgan fingerprint density at radius 1 is 1.10 bits per heavy atom. The molecule has 0 heterocycles. The minimum Gasteiger partial charge on any atom is -0.321 e. The number of benzene rings is 1. The molecular formula is C14H22NPS4. The summed E-state index contributed by atoms with van der Waals surface area (Å²) in [7, 11) is 0. The second kappa shape index (κ2) is 10.2. The summed E-state index contributed by atoms with van der Waals surface area (Å²) >= 11 is 15.1. The molecule has 1 aromatic rings. The van der Waals surface area contributed by atoms with Gasteiger partial charge in [0.15, 0.2) is 0 Å². The average molecular weight is 364 g/mol. The Morgan fingerprint density at radius 3 is 2.10 bits per heavy atom. The molecule has 0 saturated heterocycles. The van der Waals surface area contributed by atoms with E-state index in [0.717, 1.165) is 30.9 Å². The maximum Gasteiger partial charge on any atom is 0.143 e. The van der Waals surface area contributed by atoms with Gasteiger partial charge >= 0.3 is 0 Å². The molecule has 0 aromatic heterocycles. The van der Waals surface area contributed by atoms with Gasteiger partial charge in [-0.3, -0.25) is 0 Å². The van der Waals surface area contributed by atoms with Gasteiger partial charge in [-0.1, -0.05) is 91.0 Å². The van der Waals surface area contributed by atoms with E-state index >= 15 is 0 Å². The van der Waals surface area contributed by atoms with Gasteiger partial charge in [0, 0.05) is 18.1 Å². The number of hydrogen-bond acceptors (Lipinski definition) is 4. The molecule has 20 heavy (non-hydrogen) atoms. The van der Waals surface area contributed by atoms with E-state index in [-0.39, 0.29) is 0 Å². The van der Waals surface area contributed by atoms with Crippen LogP contribution in [-0.4, -0.2) is 21.7 Å². The second-order valence-electron chi connectivity index (χ2n) is 4.32. The summed E-state index contributed by atoms with van der Waals surface area (Å²) in [4.78, 5) is 0. The van der Waals surface area contributed by atoms with Crippen LogP contribution in [0.15, 0.2) is 30.3 Å². The number of rotatable bonds is 10. The minimum absolute atomic E-state index is 0.828. The molecule has 0 spiro atoms. The van der Waals surface area contributed by atoms with Crippen LogP contribution >= 0.6 is 39.6 Å². The van der Waals surface area contributed by atoms with Gasteiger partial charge in [0.25, 0.3) is 0 Å². The standard InChI is InChI=1S/C14H22NPS4/c1-3-10-19-16(18,20-11-4-2)15(13-17)12-14-8-6-5-7-9-14/h5-9,13H,3-4,10-12H2,1-2H3. The molecule has 0 unspecified atom stereocenters. The fourth-order valence-corrected chi connectivity index (χ4v) is 12.1. The van der Waals surface area contributed by atoms with Crippen LogP contribution < -0.4 is 0 Å². The zero-order valence-corrected chi connectivity index (χ0v) is 16.2. The predicted octanol–water partition coefficient (Wildman–Crippen LogP) is 5.96. The van der Waals surface area contributed by atoms with E-state index in [1.165, 1.54) is 5.56 Å². The van der Waals surface area contributed by atoms with Gasteiger partial charge in [0.2, 0.25) is 0 Å². The lowest BCUT2D eigenvalue weighted by Crippen LogP contribution is -2.14. The highest BCUT2D eigenvalue weighted by atomic mass is 33.2. The van der Waals surface area contributed by atoms with Crippen molar-refractivity contribution in [1.29, 1.82) is 0 Å². The van der Waals surface area contributed by atoms with E-state index in [9.17, 15) is 0 Å². The summed E-state index contributed by atoms with van der Waals surface area (Å²) in [5.74, 6) is 2.23. The Kier molecular flexibility index (Phi) is 9.47. The SMILES string of the molecule is CCCSP(=S)(SCCC)N(C=S)Cc1ccccc1. The van der Waals surface area contributed by atoms with Crippen molar-refractivity contribution >= 4 is 56.9 Å². The molecule has 0 saturated carbocycles. The summed E-state index contributed by atoms with van der Waals surface area (Å²) < 4.78 is 0.542. The molecule has 0 amide bonds. The van der Waals surface area contributed by atoms with Crippen LogP contribution in [-0.2, 0) is 18.4 Å². The molecule has 0 fully saturated rings. The summed E-state index contributed by atoms with van der Waals surface area (Å²) in [5, 5.41) is 0. The first-order valence-electron chi connectivity index (χ1n) is 6.81. The minimum atomic E-state index is -1.69. The van der Waals surface area contributed by atoms with Crippen molar-refractivity contribution < 1.29 is 0 Å². The molecule has 0 aliphatic carbocycles. The first kappa shape index (κ1) is 18.5. The number of nitrogens with zero attached hydrogens (tertiary/aromatic N) is 1. The average Bonchev–Trinajstić information content (AvgIpc) is 2.49. The summed E-state index contributed by atoms with van der Waals surface area (Å²) in [5.41, 5.74) is 3.05. The van der Waals surface area contributed by atoms with E-state index in [0.29, 0.717) is 0 Å². The van der Waals surface area contributed by atoms with E-state index in [1.54, 1.807) is 5.49 Å². The molecule has 0 bridgehead atoms. The molecule has 0 atom stereocenters. The quantitative estimate of drug-likeness (QED) is 0.372. The van der Waals surface area contributed by atoms with Crippen LogP contribution in [0.5, 0.6) is 0 Å². The lowest BCUT2D eigenvalue weighted by molar-refractivity contribution is 0.693. The van der Waals surface area contributed by atoms with E-state index < -0.39 is 4.59 Å². The van der Waals surface area contributed by atoms with Crippen molar-refractivity contribution in [2.24, 2.45) is 0 Å². The summed E-state index contributed by atoms with van der Waals surface area (Å²) in [6, 6.07) is 10.5. The van der Waals surface area contributed by atoms with Crippen molar-refractivity contribution in [3.05, 3.63) is 35.9 Å². The van der Waals surface area contributed by atoms with Gasteiger partial charge in [-0.05, 0) is 18.4 Å². The van der Waals surface area contributed by atoms with Gasteiger partial charge in [0.1, 0.15) is 4.59 Å². The fourth-order valence-electron chi connectivity index (χ4n) is 1.55. The molecule has 1 nitrogen and oxygen atoms in total. The summed E-state index contributed by atoms with van der Waals surface area (Å²) in [6.45, 7) is 5.24. The van der Waals surface area contributed by atoms with E-state index in [2.05, 4.69) is 42.8 Å². The maximum atomic E-state index is 6.02. The zero-order chi connectivity index (χ0) is 14.8. The third-order valence-corrected chi connectivity index (χ3v) is 14.4. The largest absolute Gasteiger partial charge is 0.321 e. The van der Waals surface area contributed by atoms with E-state index in [4.69, 9.17) is 24.0 Å². The normalized spacial score (nSPS) is 11.3. The van der Waals surface area contributed by atoms with Crippen LogP contribution in [0.25, 0.3) is 0 Å². The summed E-state index contributed by atoms with van der Waals surface area (Å²) in [6.07, 6.45) is 2.32. The Hall–Kier alpha value is 0.460. The molecular weight excluding hydrogens is 341 g/mol. The Balaban J connectivity index is 2.84. The van der Waals surface area contributed by atoms with Crippen molar-refractivity contribution in [2.75, 3.05) is 11.5 Å². The zero-order valence-electron chi connectivity index (χ0n) is 12.0. The van der Waals surface area contributed by atoms with Crippen LogP contribution in [0.4, 0.5) is 0 Å². The van der Waals surface area contributed by atoms with Crippen LogP contribution in [0.3, 0.4) is 0 Å². The van der Waals surface area contributed by atoms with Gasteiger partial charge < -0.3 is 4.67 Å². The van der Waals surface area contributed by atoms with Crippen molar-refractivity contribution in [2.45, 2.75) is 33.2 Å². The highest BCUT2D eigenvalue weighted by molar-refractivity contribution is 8.99. The topological polar surface area (TPSA) is 3.24 Å². The molecule has 0 radical (unpaired) electrons. The fraction of sp³-hybridized carbons (Fsp3) is 0.500. The molecule has 1 rings (SSSR count). The number of hydrogen-bond donors (Lipinski definition) is 0. The van der Waals surface area contributed by atoms with Crippen molar-refractivity contribution in [3.63, 3.8) is 0 Å². The molecule has 6 heteroatoms. The second-order valence-corrected chi connectivity index (χ2v) is 15.7. The predicted molar refractivity (Wildman–Crippen MR) is 105 cm³/mol. The highest BCUT2D eigenvalue weighted by Gasteiger charge is 2.24.